The Morgan fingerprint density at radius 3 is 2.40 bits per heavy atom. The van der Waals surface area contributed by atoms with Gasteiger partial charge in [-0.1, -0.05) is 0 Å². The molecule has 5 nitrogen and oxygen atoms in total. The zero-order valence-corrected chi connectivity index (χ0v) is 16.7. The minimum Gasteiger partial charge on any atom is -0.395 e. The standard InChI is InChI=1S/C20H40N4O/c1-16(2)24-13-18(11-20(24)15-25)21-12-17(3)23-10-6-7-19(23)14-22-8-4-5-9-22/h16-21,25H,4-15H2,1-3H3. The molecule has 5 heteroatoms. The molecule has 0 radical (unpaired) electrons. The van der Waals surface area contributed by atoms with Crippen LogP contribution in [0.25, 0.3) is 0 Å². The van der Waals surface area contributed by atoms with Crippen molar-refractivity contribution in [2.24, 2.45) is 0 Å². The molecular formula is C20H40N4O. The molecule has 0 aromatic rings. The van der Waals surface area contributed by atoms with Gasteiger partial charge in [0.25, 0.3) is 0 Å². The van der Waals surface area contributed by atoms with Crippen molar-refractivity contribution in [3.63, 3.8) is 0 Å². The molecule has 2 N–H and O–H groups in total. The van der Waals surface area contributed by atoms with Crippen molar-refractivity contribution < 1.29 is 5.11 Å². The first kappa shape index (κ1) is 19.6. The Bertz CT molecular complexity index is 399. The molecular weight excluding hydrogens is 312 g/mol. The highest BCUT2D eigenvalue weighted by Crippen LogP contribution is 2.23. The number of nitrogens with zero attached hydrogens (tertiary/aromatic N) is 3. The smallest absolute Gasteiger partial charge is 0.0587 e. The Kier molecular flexibility index (Phi) is 7.15. The van der Waals surface area contributed by atoms with E-state index in [2.05, 4.69) is 40.8 Å². The summed E-state index contributed by atoms with van der Waals surface area (Å²) in [6.07, 6.45) is 6.60. The molecule has 0 amide bonds. The van der Waals surface area contributed by atoms with Gasteiger partial charge in [0.2, 0.25) is 0 Å². The third kappa shape index (κ3) is 4.95. The minimum absolute atomic E-state index is 0.288. The molecule has 25 heavy (non-hydrogen) atoms. The Balaban J connectivity index is 1.44. The van der Waals surface area contributed by atoms with Crippen LogP contribution in [-0.4, -0.2) is 95.9 Å². The molecule has 4 atom stereocenters. The second-order valence-corrected chi connectivity index (χ2v) is 8.86. The van der Waals surface area contributed by atoms with Crippen LogP contribution in [0.5, 0.6) is 0 Å². The summed E-state index contributed by atoms with van der Waals surface area (Å²) in [6.45, 7) is 14.5. The van der Waals surface area contributed by atoms with E-state index in [1.807, 2.05) is 0 Å². The van der Waals surface area contributed by atoms with E-state index >= 15 is 0 Å². The van der Waals surface area contributed by atoms with Crippen molar-refractivity contribution in [1.29, 1.82) is 0 Å². The molecule has 0 aromatic carbocycles. The van der Waals surface area contributed by atoms with E-state index in [-0.39, 0.29) is 6.61 Å². The first-order valence-electron chi connectivity index (χ1n) is 10.7. The first-order valence-corrected chi connectivity index (χ1v) is 10.7. The quantitative estimate of drug-likeness (QED) is 0.691. The maximum absolute atomic E-state index is 9.64. The average molecular weight is 353 g/mol. The Labute approximate surface area is 154 Å². The van der Waals surface area contributed by atoms with Gasteiger partial charge in [-0.2, -0.15) is 0 Å². The number of hydrogen-bond donors (Lipinski definition) is 2. The SMILES string of the molecule is CC(C)N1CC(NCC(C)N2CCCC2CN2CCCC2)CC1CO. The monoisotopic (exact) mass is 352 g/mol. The molecule has 3 heterocycles. The second-order valence-electron chi connectivity index (χ2n) is 8.86. The molecule has 4 unspecified atom stereocenters. The van der Waals surface area contributed by atoms with Crippen molar-refractivity contribution in [2.75, 3.05) is 45.9 Å². The molecule has 3 fully saturated rings. The van der Waals surface area contributed by atoms with Crippen LogP contribution in [0.15, 0.2) is 0 Å². The van der Waals surface area contributed by atoms with E-state index in [1.165, 1.54) is 51.9 Å². The maximum atomic E-state index is 9.64. The van der Waals surface area contributed by atoms with Crippen LogP contribution in [0.2, 0.25) is 0 Å². The van der Waals surface area contributed by atoms with E-state index in [0.29, 0.717) is 24.2 Å². The predicted molar refractivity (Wildman–Crippen MR) is 104 cm³/mol. The molecule has 0 spiro atoms. The van der Waals surface area contributed by atoms with Crippen LogP contribution in [-0.2, 0) is 0 Å². The number of aliphatic hydroxyl groups excluding tert-OH is 1. The van der Waals surface area contributed by atoms with Crippen LogP contribution in [0.3, 0.4) is 0 Å². The fourth-order valence-corrected chi connectivity index (χ4v) is 5.25. The van der Waals surface area contributed by atoms with E-state index in [0.717, 1.165) is 25.6 Å². The van der Waals surface area contributed by atoms with Gasteiger partial charge in [0.05, 0.1) is 6.61 Å². The third-order valence-corrected chi connectivity index (χ3v) is 6.69. The maximum Gasteiger partial charge on any atom is 0.0587 e. The summed E-state index contributed by atoms with van der Waals surface area (Å²) in [7, 11) is 0. The van der Waals surface area contributed by atoms with Crippen LogP contribution in [0, 0.1) is 0 Å². The van der Waals surface area contributed by atoms with Crippen molar-refractivity contribution >= 4 is 0 Å². The van der Waals surface area contributed by atoms with Crippen LogP contribution >= 0.6 is 0 Å². The number of likely N-dealkylation sites (tertiary alicyclic amines) is 3. The molecule has 3 rings (SSSR count). The van der Waals surface area contributed by atoms with Crippen molar-refractivity contribution in [3.8, 4) is 0 Å². The number of hydrogen-bond acceptors (Lipinski definition) is 5. The highest BCUT2D eigenvalue weighted by molar-refractivity contribution is 4.92. The lowest BCUT2D eigenvalue weighted by Crippen LogP contribution is -2.49. The van der Waals surface area contributed by atoms with Gasteiger partial charge in [-0.05, 0) is 72.5 Å². The molecule has 3 saturated heterocycles. The molecule has 0 aliphatic carbocycles. The number of nitrogens with one attached hydrogen (secondary N) is 1. The molecule has 0 saturated carbocycles. The van der Waals surface area contributed by atoms with Crippen molar-refractivity contribution in [1.82, 2.24) is 20.0 Å². The minimum atomic E-state index is 0.288. The first-order chi connectivity index (χ1) is 12.1. The van der Waals surface area contributed by atoms with Crippen LogP contribution < -0.4 is 5.32 Å². The summed E-state index contributed by atoms with van der Waals surface area (Å²) in [4.78, 5) is 7.88. The van der Waals surface area contributed by atoms with Gasteiger partial charge in [-0.15, -0.1) is 0 Å². The summed E-state index contributed by atoms with van der Waals surface area (Å²) in [5.74, 6) is 0. The van der Waals surface area contributed by atoms with E-state index in [4.69, 9.17) is 0 Å². The highest BCUT2D eigenvalue weighted by Gasteiger charge is 2.34. The predicted octanol–water partition coefficient (Wildman–Crippen LogP) is 1.37. The molecule has 0 bridgehead atoms. The summed E-state index contributed by atoms with van der Waals surface area (Å²) < 4.78 is 0. The van der Waals surface area contributed by atoms with E-state index in [1.54, 1.807) is 0 Å². The fraction of sp³-hybridized carbons (Fsp3) is 1.00. The number of rotatable bonds is 8. The Hall–Kier alpha value is -0.200. The number of aliphatic hydroxyl groups is 1. The third-order valence-electron chi connectivity index (χ3n) is 6.69. The molecule has 3 aliphatic heterocycles. The lowest BCUT2D eigenvalue weighted by atomic mass is 10.1. The highest BCUT2D eigenvalue weighted by atomic mass is 16.3. The summed E-state index contributed by atoms with van der Waals surface area (Å²) in [6, 6.07) is 2.75. The molecule has 146 valence electrons. The molecule has 0 aromatic heterocycles. The largest absolute Gasteiger partial charge is 0.395 e. The van der Waals surface area contributed by atoms with Crippen LogP contribution in [0.4, 0.5) is 0 Å². The Morgan fingerprint density at radius 2 is 1.76 bits per heavy atom. The van der Waals surface area contributed by atoms with Gasteiger partial charge in [-0.25, -0.2) is 0 Å². The summed E-state index contributed by atoms with van der Waals surface area (Å²) in [5, 5.41) is 13.5. The van der Waals surface area contributed by atoms with E-state index < -0.39 is 0 Å². The van der Waals surface area contributed by atoms with Crippen LogP contribution in [0.1, 0.15) is 52.9 Å². The van der Waals surface area contributed by atoms with Gasteiger partial charge >= 0.3 is 0 Å². The second kappa shape index (κ2) is 9.14. The Morgan fingerprint density at radius 1 is 1.00 bits per heavy atom. The fourth-order valence-electron chi connectivity index (χ4n) is 5.25. The van der Waals surface area contributed by atoms with Gasteiger partial charge in [0, 0.05) is 49.8 Å². The topological polar surface area (TPSA) is 42.0 Å². The van der Waals surface area contributed by atoms with Crippen molar-refractivity contribution in [2.45, 2.75) is 83.1 Å². The zero-order valence-electron chi connectivity index (χ0n) is 16.7. The van der Waals surface area contributed by atoms with Crippen molar-refractivity contribution in [3.05, 3.63) is 0 Å². The zero-order chi connectivity index (χ0) is 17.8. The normalized spacial score (nSPS) is 33.7. The molecule has 3 aliphatic rings. The lowest BCUT2D eigenvalue weighted by Gasteiger charge is -2.34. The van der Waals surface area contributed by atoms with Gasteiger partial charge in [0.15, 0.2) is 0 Å². The lowest BCUT2D eigenvalue weighted by molar-refractivity contribution is 0.132. The van der Waals surface area contributed by atoms with E-state index in [9.17, 15) is 5.11 Å². The van der Waals surface area contributed by atoms with Gasteiger partial charge in [-0.3, -0.25) is 9.80 Å². The average Bonchev–Trinajstić information content (AvgIpc) is 3.33. The van der Waals surface area contributed by atoms with Gasteiger partial charge in [0.1, 0.15) is 0 Å². The summed E-state index contributed by atoms with van der Waals surface area (Å²) in [5.41, 5.74) is 0. The van der Waals surface area contributed by atoms with Gasteiger partial charge < -0.3 is 15.3 Å². The summed E-state index contributed by atoms with van der Waals surface area (Å²) >= 11 is 0.